The van der Waals surface area contributed by atoms with E-state index in [1.54, 1.807) is 27.0 Å². The molecular formula is C44H71NO13. The molecule has 0 radical (unpaired) electrons. The molecule has 4 rings (SSSR count). The molecule has 0 aromatic rings. The molecule has 4 aliphatic rings. The molecule has 3 fully saturated rings. The molecule has 2 unspecified atom stereocenters. The Labute approximate surface area is 344 Å². The van der Waals surface area contributed by atoms with Gasteiger partial charge in [0.1, 0.15) is 24.0 Å². The Morgan fingerprint density at radius 1 is 0.931 bits per heavy atom. The first kappa shape index (κ1) is 49.5. The molecule has 2 saturated heterocycles. The van der Waals surface area contributed by atoms with Gasteiger partial charge < -0.3 is 49.4 Å². The number of aliphatic hydroxyl groups is 3. The highest BCUT2D eigenvalue weighted by Crippen LogP contribution is 2.39. The number of cyclic esters (lactones) is 1. The highest BCUT2D eigenvalue weighted by atomic mass is 16.7. The topological polar surface area (TPSA) is 210 Å². The van der Waals surface area contributed by atoms with Crippen molar-refractivity contribution >= 4 is 23.4 Å². The molecule has 3 aliphatic heterocycles. The number of carbonyl (C=O) groups excluding carboxylic acids is 4. The van der Waals surface area contributed by atoms with Gasteiger partial charge in [-0.1, -0.05) is 44.6 Å². The van der Waals surface area contributed by atoms with Gasteiger partial charge in [-0.25, -0.2) is 4.79 Å². The number of allylic oxidation sites excluding steroid dienone is 4. The van der Waals surface area contributed by atoms with Crippen LogP contribution in [-0.4, -0.2) is 132 Å². The van der Waals surface area contributed by atoms with Gasteiger partial charge in [-0.3, -0.25) is 14.4 Å². The van der Waals surface area contributed by atoms with Gasteiger partial charge in [-0.15, -0.1) is 6.58 Å². The molecule has 330 valence electrons. The Bertz CT molecular complexity index is 1480. The number of amides is 1. The summed E-state index contributed by atoms with van der Waals surface area (Å²) >= 11 is 0. The van der Waals surface area contributed by atoms with E-state index in [0.717, 1.165) is 5.57 Å². The second kappa shape index (κ2) is 22.1. The van der Waals surface area contributed by atoms with Gasteiger partial charge in [-0.05, 0) is 95.5 Å². The van der Waals surface area contributed by atoms with E-state index in [0.29, 0.717) is 56.9 Å². The minimum atomic E-state index is -2.51. The third-order valence-electron chi connectivity index (χ3n) is 12.9. The second-order valence-electron chi connectivity index (χ2n) is 17.3. The number of aliphatic hydroxyl groups excluding tert-OH is 2. The predicted octanol–water partition coefficient (Wildman–Crippen LogP) is 3.81. The molecule has 14 nitrogen and oxygen atoms in total. The standard InChI is InChI=1S/C44H69NO12.H2O/c1-10-13-31-19-25(2)18-26(3)20-37(54-8)40-38(55-9)22-28(5)44(52,57-40)41(49)42(50)45-17-12-11-14-32(45)43(51)56-39(29(6)34(47)24-35(31)48)27(4)21-30-15-16-33(46)36(23-30)53-7;/h10,19,21,26,28-34,36-40,46-47,52H,1,11-18,20,22-24H2,2-9H3;1H2/b25-19+,27-21+;/t26-,28+,29+,30-,31+,32-,33?,34-,36?,37-,38-,39+,40+,44+;/m0./s1. The van der Waals surface area contributed by atoms with Gasteiger partial charge in [0.05, 0.1) is 30.5 Å². The lowest BCUT2D eigenvalue weighted by molar-refractivity contribution is -0.302. The maximum absolute atomic E-state index is 14.3. The van der Waals surface area contributed by atoms with Gasteiger partial charge in [0, 0.05) is 52.0 Å². The highest BCUT2D eigenvalue weighted by molar-refractivity contribution is 6.39. The molecule has 1 saturated carbocycles. The molecular weight excluding hydrogens is 750 g/mol. The van der Waals surface area contributed by atoms with Crippen molar-refractivity contribution in [3.05, 3.63) is 36.0 Å². The van der Waals surface area contributed by atoms with Crippen molar-refractivity contribution < 1.29 is 63.7 Å². The van der Waals surface area contributed by atoms with Gasteiger partial charge in [0.25, 0.3) is 11.7 Å². The number of nitrogens with zero attached hydrogens (tertiary/aromatic N) is 1. The number of rotatable bonds is 7. The largest absolute Gasteiger partial charge is 0.456 e. The first-order chi connectivity index (χ1) is 27.0. The zero-order valence-corrected chi connectivity index (χ0v) is 35.9. The monoisotopic (exact) mass is 821 g/mol. The maximum atomic E-state index is 14.3. The smallest absolute Gasteiger partial charge is 0.329 e. The van der Waals surface area contributed by atoms with E-state index in [4.69, 9.17) is 23.7 Å². The summed E-state index contributed by atoms with van der Waals surface area (Å²) in [6.07, 6.45) is 4.93. The number of ether oxygens (including phenoxy) is 5. The van der Waals surface area contributed by atoms with Crippen LogP contribution in [0.2, 0.25) is 0 Å². The van der Waals surface area contributed by atoms with Gasteiger partial charge in [0.15, 0.2) is 0 Å². The Morgan fingerprint density at radius 2 is 1.59 bits per heavy atom. The summed E-state index contributed by atoms with van der Waals surface area (Å²) < 4.78 is 29.7. The van der Waals surface area contributed by atoms with Crippen molar-refractivity contribution in [3.8, 4) is 0 Å². The van der Waals surface area contributed by atoms with Crippen LogP contribution in [0.25, 0.3) is 0 Å². The number of ketones is 2. The van der Waals surface area contributed by atoms with Crippen LogP contribution in [0.15, 0.2) is 36.0 Å². The quantitative estimate of drug-likeness (QED) is 0.190. The number of carbonyl (C=O) groups is 4. The summed E-state index contributed by atoms with van der Waals surface area (Å²) in [4.78, 5) is 57.8. The summed E-state index contributed by atoms with van der Waals surface area (Å²) in [5.41, 5.74) is 1.61. The third-order valence-corrected chi connectivity index (χ3v) is 12.9. The number of piperidine rings is 1. The number of hydrogen-bond acceptors (Lipinski definition) is 12. The Kier molecular flexibility index (Phi) is 18.9. The Morgan fingerprint density at radius 3 is 2.22 bits per heavy atom. The van der Waals surface area contributed by atoms with E-state index in [2.05, 4.69) is 6.58 Å². The van der Waals surface area contributed by atoms with Crippen LogP contribution in [0, 0.1) is 29.6 Å². The van der Waals surface area contributed by atoms with E-state index in [1.807, 2.05) is 32.9 Å². The molecule has 5 N–H and O–H groups in total. The van der Waals surface area contributed by atoms with Gasteiger partial charge in [0.2, 0.25) is 5.79 Å². The fourth-order valence-electron chi connectivity index (χ4n) is 9.42. The van der Waals surface area contributed by atoms with Crippen LogP contribution in [0.1, 0.15) is 105 Å². The average Bonchev–Trinajstić information content (AvgIpc) is 3.18. The van der Waals surface area contributed by atoms with Crippen molar-refractivity contribution in [3.63, 3.8) is 0 Å². The molecule has 0 spiro atoms. The Hall–Kier alpha value is -2.82. The molecule has 0 aromatic heterocycles. The van der Waals surface area contributed by atoms with E-state index in [1.165, 1.54) is 19.1 Å². The normalized spacial score (nSPS) is 40.3. The number of hydrogen-bond donors (Lipinski definition) is 3. The molecule has 1 aliphatic carbocycles. The molecule has 0 aromatic carbocycles. The molecule has 14 atom stereocenters. The Balaban J connectivity index is 0.00000900. The fourth-order valence-corrected chi connectivity index (χ4v) is 9.42. The number of esters is 1. The molecule has 3 heterocycles. The van der Waals surface area contributed by atoms with Crippen LogP contribution in [0.3, 0.4) is 0 Å². The lowest BCUT2D eigenvalue weighted by atomic mass is 9.81. The van der Waals surface area contributed by atoms with Gasteiger partial charge >= 0.3 is 5.97 Å². The van der Waals surface area contributed by atoms with Crippen LogP contribution in [0.5, 0.6) is 0 Å². The fraction of sp³-hybridized carbons (Fsp3) is 0.773. The van der Waals surface area contributed by atoms with Crippen molar-refractivity contribution in [1.29, 1.82) is 0 Å². The zero-order chi connectivity index (χ0) is 42.2. The second-order valence-corrected chi connectivity index (χ2v) is 17.3. The lowest BCUT2D eigenvalue weighted by Crippen LogP contribution is -2.64. The highest BCUT2D eigenvalue weighted by Gasteiger charge is 2.56. The average molecular weight is 822 g/mol. The van der Waals surface area contributed by atoms with Gasteiger partial charge in [-0.2, -0.15) is 0 Å². The summed E-state index contributed by atoms with van der Waals surface area (Å²) in [6, 6.07) is -1.14. The first-order valence-electron chi connectivity index (χ1n) is 20.9. The van der Waals surface area contributed by atoms with Crippen molar-refractivity contribution in [2.75, 3.05) is 27.9 Å². The summed E-state index contributed by atoms with van der Waals surface area (Å²) in [5, 5.41) is 34.1. The maximum Gasteiger partial charge on any atom is 0.329 e. The third kappa shape index (κ3) is 11.7. The summed E-state index contributed by atoms with van der Waals surface area (Å²) in [7, 11) is 4.61. The molecule has 2 bridgehead atoms. The predicted molar refractivity (Wildman–Crippen MR) is 216 cm³/mol. The van der Waals surface area contributed by atoms with E-state index >= 15 is 0 Å². The van der Waals surface area contributed by atoms with Crippen molar-refractivity contribution in [2.24, 2.45) is 29.6 Å². The van der Waals surface area contributed by atoms with E-state index in [-0.39, 0.29) is 55.0 Å². The van der Waals surface area contributed by atoms with E-state index in [9.17, 15) is 34.5 Å². The van der Waals surface area contributed by atoms with Crippen LogP contribution in [0.4, 0.5) is 0 Å². The van der Waals surface area contributed by atoms with Crippen LogP contribution in [-0.2, 0) is 42.9 Å². The summed E-state index contributed by atoms with van der Waals surface area (Å²) in [6.45, 7) is 13.1. The van der Waals surface area contributed by atoms with Crippen LogP contribution < -0.4 is 0 Å². The molecule has 1 amide bonds. The zero-order valence-electron chi connectivity index (χ0n) is 35.9. The minimum absolute atomic E-state index is 0. The van der Waals surface area contributed by atoms with Crippen LogP contribution >= 0.6 is 0 Å². The molecule has 14 heteroatoms. The number of Topliss-reactive ketones (excluding diaryl/α,β-unsaturated/α-hetero) is 2. The number of fused-ring (bicyclic) bond motifs is 3. The minimum Gasteiger partial charge on any atom is -0.456 e. The van der Waals surface area contributed by atoms with Crippen molar-refractivity contribution in [1.82, 2.24) is 4.90 Å². The first-order valence-corrected chi connectivity index (χ1v) is 20.9. The number of methoxy groups -OCH3 is 3. The molecule has 58 heavy (non-hydrogen) atoms. The lowest BCUT2D eigenvalue weighted by Gasteiger charge is -2.47. The van der Waals surface area contributed by atoms with E-state index < -0.39 is 83.9 Å². The summed E-state index contributed by atoms with van der Waals surface area (Å²) in [5.74, 6) is -7.76. The SMILES string of the molecule is C=CC[C@@H]1/C=C(\C)C[C@H](C)C[C@H](OC)[C@H]2O[C@@](O)(C(=O)C(=O)N3CCCC[C@H]3C(=O)O[C@H](/C(C)=C/[C@@H]3CCC(O)C(OC)C3)[C@H](C)[C@@H](O)CC1=O)[C@H](C)C[C@@H]2OC.O. The van der Waals surface area contributed by atoms with Crippen molar-refractivity contribution in [2.45, 2.75) is 160 Å².